The first-order chi connectivity index (χ1) is 16.0. The Balaban J connectivity index is 1.68. The first-order valence-electron chi connectivity index (χ1n) is 10.3. The van der Waals surface area contributed by atoms with Gasteiger partial charge < -0.3 is 14.8 Å². The number of esters is 2. The number of hydrogen-bond donors (Lipinski definition) is 1. The van der Waals surface area contributed by atoms with Crippen LogP contribution in [0.1, 0.15) is 24.2 Å². The van der Waals surface area contributed by atoms with Crippen LogP contribution >= 0.6 is 11.8 Å². The Morgan fingerprint density at radius 3 is 2.27 bits per heavy atom. The summed E-state index contributed by atoms with van der Waals surface area (Å²) in [5, 5.41) is 2.06. The number of nitrogens with zero attached hydrogens (tertiary/aromatic N) is 1. The van der Waals surface area contributed by atoms with Gasteiger partial charge in [-0.05, 0) is 11.1 Å². The molecule has 9 heteroatoms. The summed E-state index contributed by atoms with van der Waals surface area (Å²) in [6, 6.07) is 17.9. The van der Waals surface area contributed by atoms with Crippen molar-refractivity contribution in [2.45, 2.75) is 24.4 Å². The molecule has 2 aliphatic rings. The molecule has 170 valence electrons. The molecule has 1 N–H and O–H groups in total. The van der Waals surface area contributed by atoms with Crippen molar-refractivity contribution in [3.8, 4) is 0 Å². The molecule has 0 bridgehead atoms. The van der Waals surface area contributed by atoms with Crippen LogP contribution in [0, 0.1) is 0 Å². The average molecular weight is 467 g/mol. The standard InChI is InChI=1S/C24H22N2O6S/c1-15(28)31-12-18-13-33-23-19(25-14-27)22(29)26(23)20(18)24(30)32-21(16-8-4-2-5-9-16)17-10-6-3-7-11-17/h2-11,14,19,21,23H,12-13H2,1H3,(H,25,27)/t19?,23-/m1/s1. The van der Waals surface area contributed by atoms with Gasteiger partial charge in [-0.3, -0.25) is 19.3 Å². The summed E-state index contributed by atoms with van der Waals surface area (Å²) in [7, 11) is 0. The Hall–Kier alpha value is -3.59. The molecule has 4 rings (SSSR count). The molecule has 2 aromatic rings. The molecular weight excluding hydrogens is 444 g/mol. The molecule has 1 saturated heterocycles. The van der Waals surface area contributed by atoms with Crippen LogP contribution in [-0.2, 0) is 28.7 Å². The number of carbonyl (C=O) groups excluding carboxylic acids is 4. The highest BCUT2D eigenvalue weighted by atomic mass is 32.2. The van der Waals surface area contributed by atoms with Crippen LogP contribution in [-0.4, -0.2) is 52.9 Å². The van der Waals surface area contributed by atoms with Crippen molar-refractivity contribution in [1.82, 2.24) is 10.2 Å². The Labute approximate surface area is 194 Å². The van der Waals surface area contributed by atoms with Gasteiger partial charge in [-0.15, -0.1) is 11.8 Å². The van der Waals surface area contributed by atoms with Gasteiger partial charge in [0.1, 0.15) is 23.7 Å². The minimum absolute atomic E-state index is 0.0609. The summed E-state index contributed by atoms with van der Waals surface area (Å²) in [5.74, 6) is -1.25. The van der Waals surface area contributed by atoms with Crippen molar-refractivity contribution in [3.05, 3.63) is 83.1 Å². The predicted octanol–water partition coefficient (Wildman–Crippen LogP) is 2.17. The normalized spacial score (nSPS) is 19.5. The molecule has 0 saturated carbocycles. The topological polar surface area (TPSA) is 102 Å². The third-order valence-corrected chi connectivity index (χ3v) is 6.71. The molecule has 2 aliphatic heterocycles. The molecule has 0 spiro atoms. The summed E-state index contributed by atoms with van der Waals surface area (Å²) in [6.45, 7) is 1.15. The van der Waals surface area contributed by atoms with Gasteiger partial charge >= 0.3 is 11.9 Å². The summed E-state index contributed by atoms with van der Waals surface area (Å²) in [5.41, 5.74) is 2.09. The third kappa shape index (κ3) is 4.63. The quantitative estimate of drug-likeness (QED) is 0.361. The van der Waals surface area contributed by atoms with E-state index in [-0.39, 0.29) is 12.3 Å². The fourth-order valence-corrected chi connectivity index (χ4v) is 5.15. The molecule has 2 amide bonds. The SMILES string of the molecule is CC(=O)OCC1=C(C(=O)OC(c2ccccc2)c2ccccc2)N2C(=O)C(NC=O)[C@H]2SC1. The molecule has 0 aromatic heterocycles. The number of fused-ring (bicyclic) bond motifs is 1. The Kier molecular flexibility index (Phi) is 6.79. The molecule has 0 aliphatic carbocycles. The zero-order chi connectivity index (χ0) is 23.4. The fraction of sp³-hybridized carbons (Fsp3) is 0.250. The van der Waals surface area contributed by atoms with Gasteiger partial charge in [0, 0.05) is 18.2 Å². The van der Waals surface area contributed by atoms with Crippen LogP contribution < -0.4 is 5.32 Å². The number of rotatable bonds is 8. The van der Waals surface area contributed by atoms with Gasteiger partial charge in [-0.1, -0.05) is 60.7 Å². The second kappa shape index (κ2) is 9.91. The maximum atomic E-state index is 13.5. The van der Waals surface area contributed by atoms with Crippen molar-refractivity contribution < 1.29 is 28.7 Å². The Bertz CT molecular complexity index is 1050. The lowest BCUT2D eigenvalue weighted by Gasteiger charge is -2.49. The molecule has 33 heavy (non-hydrogen) atoms. The molecule has 1 fully saturated rings. The second-order valence-corrected chi connectivity index (χ2v) is 8.62. The summed E-state index contributed by atoms with van der Waals surface area (Å²) < 4.78 is 11.1. The first-order valence-corrected chi connectivity index (χ1v) is 11.4. The van der Waals surface area contributed by atoms with Crippen LogP contribution in [0.4, 0.5) is 0 Å². The second-order valence-electron chi connectivity index (χ2n) is 7.51. The number of thioether (sulfide) groups is 1. The maximum absolute atomic E-state index is 13.5. The van der Waals surface area contributed by atoms with E-state index < -0.39 is 35.4 Å². The van der Waals surface area contributed by atoms with E-state index in [2.05, 4.69) is 5.32 Å². The molecular formula is C24H22N2O6S. The first kappa shape index (κ1) is 22.6. The lowest BCUT2D eigenvalue weighted by Crippen LogP contribution is -2.69. The van der Waals surface area contributed by atoms with Gasteiger partial charge in [0.15, 0.2) is 6.10 Å². The number of amides is 2. The smallest absolute Gasteiger partial charge is 0.356 e. The highest BCUT2D eigenvalue weighted by Gasteiger charge is 2.54. The molecule has 2 atom stereocenters. The van der Waals surface area contributed by atoms with Gasteiger partial charge in [0.05, 0.1) is 0 Å². The zero-order valence-corrected chi connectivity index (χ0v) is 18.6. The molecule has 0 radical (unpaired) electrons. The van der Waals surface area contributed by atoms with E-state index in [1.54, 1.807) is 0 Å². The number of ether oxygens (including phenoxy) is 2. The van der Waals surface area contributed by atoms with Crippen molar-refractivity contribution >= 4 is 36.0 Å². The van der Waals surface area contributed by atoms with Crippen molar-refractivity contribution in [2.75, 3.05) is 12.4 Å². The number of carbonyl (C=O) groups is 4. The average Bonchev–Trinajstić information content (AvgIpc) is 2.84. The molecule has 8 nitrogen and oxygen atoms in total. The van der Waals surface area contributed by atoms with Crippen LogP contribution in [0.15, 0.2) is 71.9 Å². The number of benzene rings is 2. The lowest BCUT2D eigenvalue weighted by molar-refractivity contribution is -0.154. The third-order valence-electron chi connectivity index (χ3n) is 5.37. The zero-order valence-electron chi connectivity index (χ0n) is 17.8. The fourth-order valence-electron chi connectivity index (χ4n) is 3.81. The molecule has 2 heterocycles. The summed E-state index contributed by atoms with van der Waals surface area (Å²) in [4.78, 5) is 49.8. The Morgan fingerprint density at radius 2 is 1.73 bits per heavy atom. The van der Waals surface area contributed by atoms with Crippen LogP contribution in [0.5, 0.6) is 0 Å². The number of hydrogen-bond acceptors (Lipinski definition) is 7. The minimum atomic E-state index is -0.718. The number of β-lactam (4-membered cyclic amide) rings is 1. The summed E-state index contributed by atoms with van der Waals surface area (Å²) in [6.07, 6.45) is -0.229. The van der Waals surface area contributed by atoms with Crippen molar-refractivity contribution in [2.24, 2.45) is 0 Å². The van der Waals surface area contributed by atoms with E-state index in [9.17, 15) is 19.2 Å². The van der Waals surface area contributed by atoms with Gasteiger partial charge in [-0.25, -0.2) is 4.79 Å². The molecule has 2 aromatic carbocycles. The lowest BCUT2D eigenvalue weighted by atomic mass is 10.0. The predicted molar refractivity (Wildman–Crippen MR) is 121 cm³/mol. The highest BCUT2D eigenvalue weighted by Crippen LogP contribution is 2.41. The molecule has 1 unspecified atom stereocenters. The van der Waals surface area contributed by atoms with Crippen molar-refractivity contribution in [3.63, 3.8) is 0 Å². The summed E-state index contributed by atoms with van der Waals surface area (Å²) >= 11 is 1.38. The largest absolute Gasteiger partial charge is 0.461 e. The van der Waals surface area contributed by atoms with E-state index >= 15 is 0 Å². The monoisotopic (exact) mass is 466 g/mol. The minimum Gasteiger partial charge on any atom is -0.461 e. The van der Waals surface area contributed by atoms with E-state index in [1.807, 2.05) is 60.7 Å². The number of nitrogens with one attached hydrogen (secondary N) is 1. The van der Waals surface area contributed by atoms with Gasteiger partial charge in [0.25, 0.3) is 5.91 Å². The van der Waals surface area contributed by atoms with E-state index in [0.29, 0.717) is 17.7 Å². The van der Waals surface area contributed by atoms with Crippen LogP contribution in [0.2, 0.25) is 0 Å². The van der Waals surface area contributed by atoms with Gasteiger partial charge in [-0.2, -0.15) is 0 Å². The van der Waals surface area contributed by atoms with E-state index in [4.69, 9.17) is 9.47 Å². The highest BCUT2D eigenvalue weighted by molar-refractivity contribution is 8.00. The van der Waals surface area contributed by atoms with Crippen molar-refractivity contribution in [1.29, 1.82) is 0 Å². The Morgan fingerprint density at radius 1 is 1.12 bits per heavy atom. The van der Waals surface area contributed by atoms with E-state index in [1.165, 1.54) is 23.6 Å². The maximum Gasteiger partial charge on any atom is 0.356 e. The van der Waals surface area contributed by atoms with Crippen LogP contribution in [0.3, 0.4) is 0 Å². The van der Waals surface area contributed by atoms with Crippen LogP contribution in [0.25, 0.3) is 0 Å². The van der Waals surface area contributed by atoms with E-state index in [0.717, 1.165) is 11.1 Å². The van der Waals surface area contributed by atoms with Gasteiger partial charge in [0.2, 0.25) is 6.41 Å².